The summed E-state index contributed by atoms with van der Waals surface area (Å²) in [6, 6.07) is 6.50. The van der Waals surface area contributed by atoms with E-state index in [-0.39, 0.29) is 12.3 Å². The van der Waals surface area contributed by atoms with Gasteiger partial charge in [-0.05, 0) is 17.7 Å². The molecule has 112 valence electrons. The lowest BCUT2D eigenvalue weighted by Gasteiger charge is -2.07. The minimum absolute atomic E-state index is 0.109. The summed E-state index contributed by atoms with van der Waals surface area (Å²) in [5, 5.41) is 3.44. The summed E-state index contributed by atoms with van der Waals surface area (Å²) in [5.41, 5.74) is 0.538. The van der Waals surface area contributed by atoms with Crippen LogP contribution in [0.15, 0.2) is 33.5 Å². The van der Waals surface area contributed by atoms with Crippen molar-refractivity contribution < 1.29 is 18.7 Å². The topological polar surface area (TPSA) is 77.8 Å². The van der Waals surface area contributed by atoms with Gasteiger partial charge in [-0.15, -0.1) is 0 Å². The van der Waals surface area contributed by atoms with Crippen LogP contribution in [0.25, 0.3) is 11.0 Å². The number of rotatable bonds is 6. The van der Waals surface area contributed by atoms with Gasteiger partial charge < -0.3 is 19.2 Å². The van der Waals surface area contributed by atoms with E-state index in [0.29, 0.717) is 30.0 Å². The molecule has 0 saturated heterocycles. The summed E-state index contributed by atoms with van der Waals surface area (Å²) in [7, 11) is 3.10. The molecule has 1 aromatic carbocycles. The molecule has 0 radical (unpaired) electrons. The number of fused-ring (bicyclic) bond motifs is 1. The molecule has 1 amide bonds. The number of hydrogen-bond donors (Lipinski definition) is 1. The SMILES string of the molecule is COCCNC(=O)Cc1cc(=O)oc2cc(OC)ccc12. The Balaban J connectivity index is 2.26. The first-order chi connectivity index (χ1) is 10.1. The van der Waals surface area contributed by atoms with E-state index in [1.807, 2.05) is 0 Å². The Morgan fingerprint density at radius 2 is 2.10 bits per heavy atom. The highest BCUT2D eigenvalue weighted by Crippen LogP contribution is 2.22. The molecular formula is C15H17NO5. The molecule has 0 unspecified atom stereocenters. The highest BCUT2D eigenvalue weighted by atomic mass is 16.5. The van der Waals surface area contributed by atoms with Crippen molar-refractivity contribution >= 4 is 16.9 Å². The average Bonchev–Trinajstić information content (AvgIpc) is 2.46. The van der Waals surface area contributed by atoms with Crippen LogP contribution in [-0.2, 0) is 16.0 Å². The summed E-state index contributed by atoms with van der Waals surface area (Å²) >= 11 is 0. The lowest BCUT2D eigenvalue weighted by molar-refractivity contribution is -0.120. The predicted octanol–water partition coefficient (Wildman–Crippen LogP) is 1.11. The van der Waals surface area contributed by atoms with Gasteiger partial charge in [0.1, 0.15) is 11.3 Å². The molecule has 0 aliphatic carbocycles. The van der Waals surface area contributed by atoms with E-state index >= 15 is 0 Å². The van der Waals surface area contributed by atoms with Gasteiger partial charge in [0, 0.05) is 31.2 Å². The molecule has 0 aliphatic heterocycles. The van der Waals surface area contributed by atoms with Crippen LogP contribution in [0.5, 0.6) is 5.75 Å². The van der Waals surface area contributed by atoms with E-state index in [4.69, 9.17) is 13.9 Å². The molecule has 0 saturated carbocycles. The molecule has 6 nitrogen and oxygen atoms in total. The van der Waals surface area contributed by atoms with E-state index < -0.39 is 5.63 Å². The van der Waals surface area contributed by atoms with E-state index in [0.717, 1.165) is 5.39 Å². The van der Waals surface area contributed by atoms with Crippen LogP contribution >= 0.6 is 0 Å². The van der Waals surface area contributed by atoms with Crippen molar-refractivity contribution in [1.82, 2.24) is 5.32 Å². The van der Waals surface area contributed by atoms with Crippen LogP contribution in [0.4, 0.5) is 0 Å². The molecule has 0 fully saturated rings. The van der Waals surface area contributed by atoms with Crippen molar-refractivity contribution in [3.8, 4) is 5.75 Å². The number of carbonyl (C=O) groups excluding carboxylic acids is 1. The van der Waals surface area contributed by atoms with Gasteiger partial charge in [0.05, 0.1) is 20.1 Å². The first-order valence-electron chi connectivity index (χ1n) is 6.50. The number of ether oxygens (including phenoxy) is 2. The maximum atomic E-state index is 11.8. The third kappa shape index (κ3) is 3.82. The van der Waals surface area contributed by atoms with Gasteiger partial charge in [0.25, 0.3) is 0 Å². The molecule has 0 bridgehead atoms. The molecule has 0 aliphatic rings. The largest absolute Gasteiger partial charge is 0.497 e. The molecule has 0 atom stereocenters. The molecule has 2 aromatic rings. The average molecular weight is 291 g/mol. The molecule has 1 N–H and O–H groups in total. The lowest BCUT2D eigenvalue weighted by Crippen LogP contribution is -2.28. The molecule has 1 aromatic heterocycles. The molecule has 6 heteroatoms. The Morgan fingerprint density at radius 3 is 2.81 bits per heavy atom. The highest BCUT2D eigenvalue weighted by molar-refractivity contribution is 5.87. The van der Waals surface area contributed by atoms with Crippen molar-refractivity contribution in [2.75, 3.05) is 27.4 Å². The zero-order valence-electron chi connectivity index (χ0n) is 12.0. The lowest BCUT2D eigenvalue weighted by atomic mass is 10.1. The van der Waals surface area contributed by atoms with Crippen LogP contribution in [-0.4, -0.2) is 33.3 Å². The second-order valence-electron chi connectivity index (χ2n) is 4.47. The molecule has 2 rings (SSSR count). The Morgan fingerprint density at radius 1 is 1.29 bits per heavy atom. The second kappa shape index (κ2) is 6.90. The smallest absolute Gasteiger partial charge is 0.336 e. The number of methoxy groups -OCH3 is 2. The third-order valence-corrected chi connectivity index (χ3v) is 3.02. The fourth-order valence-electron chi connectivity index (χ4n) is 2.01. The Hall–Kier alpha value is -2.34. The van der Waals surface area contributed by atoms with Gasteiger partial charge in [-0.1, -0.05) is 0 Å². The highest BCUT2D eigenvalue weighted by Gasteiger charge is 2.10. The summed E-state index contributed by atoms with van der Waals surface area (Å²) < 4.78 is 15.1. The van der Waals surface area contributed by atoms with Crippen LogP contribution in [0.2, 0.25) is 0 Å². The van der Waals surface area contributed by atoms with E-state index in [1.165, 1.54) is 13.2 Å². The van der Waals surface area contributed by atoms with Crippen molar-refractivity contribution in [2.24, 2.45) is 0 Å². The molecule has 0 spiro atoms. The predicted molar refractivity (Wildman–Crippen MR) is 77.6 cm³/mol. The van der Waals surface area contributed by atoms with Gasteiger partial charge in [0.15, 0.2) is 0 Å². The van der Waals surface area contributed by atoms with Gasteiger partial charge in [-0.3, -0.25) is 4.79 Å². The van der Waals surface area contributed by atoms with Crippen LogP contribution in [0.3, 0.4) is 0 Å². The Kier molecular flexibility index (Phi) is 4.94. The summed E-state index contributed by atoms with van der Waals surface area (Å²) in [5.74, 6) is 0.419. The Labute approximate surface area is 121 Å². The first kappa shape index (κ1) is 15.1. The minimum atomic E-state index is -0.490. The fourth-order valence-corrected chi connectivity index (χ4v) is 2.01. The number of carbonyl (C=O) groups is 1. The van der Waals surface area contributed by atoms with E-state index in [2.05, 4.69) is 5.32 Å². The van der Waals surface area contributed by atoms with Crippen molar-refractivity contribution in [3.05, 3.63) is 40.2 Å². The van der Waals surface area contributed by atoms with Gasteiger partial charge in [0.2, 0.25) is 5.91 Å². The molecule has 21 heavy (non-hydrogen) atoms. The second-order valence-corrected chi connectivity index (χ2v) is 4.47. The fraction of sp³-hybridized carbons (Fsp3) is 0.333. The number of hydrogen-bond acceptors (Lipinski definition) is 5. The summed E-state index contributed by atoms with van der Waals surface area (Å²) in [6.45, 7) is 0.878. The zero-order chi connectivity index (χ0) is 15.2. The maximum Gasteiger partial charge on any atom is 0.336 e. The normalized spacial score (nSPS) is 10.6. The van der Waals surface area contributed by atoms with Crippen molar-refractivity contribution in [1.29, 1.82) is 0 Å². The summed E-state index contributed by atoms with van der Waals surface area (Å²) in [6.07, 6.45) is 0.109. The van der Waals surface area contributed by atoms with Crippen LogP contribution in [0, 0.1) is 0 Å². The standard InChI is InChI=1S/C15H17NO5/c1-19-6-5-16-14(17)7-10-8-15(18)21-13-9-11(20-2)3-4-12(10)13/h3-4,8-9H,5-7H2,1-2H3,(H,16,17). The Bertz CT molecular complexity index is 692. The van der Waals surface area contributed by atoms with Crippen LogP contribution in [0.1, 0.15) is 5.56 Å². The number of nitrogens with one attached hydrogen (secondary N) is 1. The third-order valence-electron chi connectivity index (χ3n) is 3.02. The molecule has 1 heterocycles. The van der Waals surface area contributed by atoms with Gasteiger partial charge >= 0.3 is 5.63 Å². The van der Waals surface area contributed by atoms with E-state index in [9.17, 15) is 9.59 Å². The summed E-state index contributed by atoms with van der Waals surface area (Å²) in [4.78, 5) is 23.4. The monoisotopic (exact) mass is 291 g/mol. The van der Waals surface area contributed by atoms with E-state index in [1.54, 1.807) is 25.3 Å². The zero-order valence-corrected chi connectivity index (χ0v) is 12.0. The first-order valence-corrected chi connectivity index (χ1v) is 6.50. The molecular weight excluding hydrogens is 274 g/mol. The number of benzene rings is 1. The van der Waals surface area contributed by atoms with Gasteiger partial charge in [-0.25, -0.2) is 4.79 Å². The van der Waals surface area contributed by atoms with Crippen molar-refractivity contribution in [2.45, 2.75) is 6.42 Å². The number of amides is 1. The quantitative estimate of drug-likeness (QED) is 0.637. The van der Waals surface area contributed by atoms with Crippen molar-refractivity contribution in [3.63, 3.8) is 0 Å². The maximum absolute atomic E-state index is 11.8. The van der Waals surface area contributed by atoms with Gasteiger partial charge in [-0.2, -0.15) is 0 Å². The minimum Gasteiger partial charge on any atom is -0.497 e. The van der Waals surface area contributed by atoms with Crippen LogP contribution < -0.4 is 15.7 Å².